The highest BCUT2D eigenvalue weighted by molar-refractivity contribution is 9.10. The van der Waals surface area contributed by atoms with Crippen molar-refractivity contribution in [3.63, 3.8) is 0 Å². The number of hydrogen-bond acceptors (Lipinski definition) is 2. The first kappa shape index (κ1) is 11.6. The molecule has 4 heteroatoms. The van der Waals surface area contributed by atoms with E-state index in [2.05, 4.69) is 15.9 Å². The summed E-state index contributed by atoms with van der Waals surface area (Å²) < 4.78 is 18.7. The van der Waals surface area contributed by atoms with Crippen LogP contribution in [0.4, 0.5) is 4.39 Å². The molecule has 1 aliphatic rings. The summed E-state index contributed by atoms with van der Waals surface area (Å²) in [5.74, 6) is -0.628. The normalized spacial score (nSPS) is 16.9. The zero-order chi connectivity index (χ0) is 11.7. The highest BCUT2D eigenvalue weighted by atomic mass is 79.9. The van der Waals surface area contributed by atoms with Gasteiger partial charge in [0.15, 0.2) is 0 Å². The number of esters is 1. The first-order valence-corrected chi connectivity index (χ1v) is 5.95. The molecule has 1 unspecified atom stereocenters. The van der Waals surface area contributed by atoms with Gasteiger partial charge in [0.05, 0.1) is 13.0 Å². The average molecular weight is 287 g/mol. The van der Waals surface area contributed by atoms with E-state index in [0.717, 1.165) is 12.8 Å². The van der Waals surface area contributed by atoms with Crippen LogP contribution < -0.4 is 0 Å². The standard InChI is InChI=1S/C12H12BrFO2/c1-16-12(15)11(7-2-3-7)8-4-9(13)6-10(14)5-8/h4-7,11H,2-3H2,1H3. The van der Waals surface area contributed by atoms with Crippen molar-refractivity contribution in [1.29, 1.82) is 0 Å². The zero-order valence-electron chi connectivity index (χ0n) is 8.87. The summed E-state index contributed by atoms with van der Waals surface area (Å²) in [6, 6.07) is 4.57. The lowest BCUT2D eigenvalue weighted by Gasteiger charge is -2.14. The van der Waals surface area contributed by atoms with E-state index in [4.69, 9.17) is 4.74 Å². The molecule has 2 nitrogen and oxygen atoms in total. The van der Waals surface area contributed by atoms with E-state index >= 15 is 0 Å². The Morgan fingerprint density at radius 3 is 2.69 bits per heavy atom. The average Bonchev–Trinajstić information content (AvgIpc) is 3.00. The number of carbonyl (C=O) groups is 1. The molecule has 0 radical (unpaired) electrons. The Morgan fingerprint density at radius 2 is 2.19 bits per heavy atom. The summed E-state index contributed by atoms with van der Waals surface area (Å²) in [5, 5.41) is 0. The maximum absolute atomic E-state index is 13.3. The molecule has 1 aromatic carbocycles. The van der Waals surface area contributed by atoms with E-state index < -0.39 is 0 Å². The number of carbonyl (C=O) groups excluding carboxylic acids is 1. The van der Waals surface area contributed by atoms with Crippen molar-refractivity contribution in [3.05, 3.63) is 34.1 Å². The van der Waals surface area contributed by atoms with Crippen LogP contribution in [0.2, 0.25) is 0 Å². The fourth-order valence-corrected chi connectivity index (χ4v) is 2.39. The Kier molecular flexibility index (Phi) is 3.28. The predicted octanol–water partition coefficient (Wildman–Crippen LogP) is 3.25. The lowest BCUT2D eigenvalue weighted by molar-refractivity contribution is -0.143. The predicted molar refractivity (Wildman–Crippen MR) is 61.6 cm³/mol. The van der Waals surface area contributed by atoms with Crippen molar-refractivity contribution < 1.29 is 13.9 Å². The maximum Gasteiger partial charge on any atom is 0.313 e. The lowest BCUT2D eigenvalue weighted by Crippen LogP contribution is -2.16. The van der Waals surface area contributed by atoms with Gasteiger partial charge in [-0.15, -0.1) is 0 Å². The summed E-state index contributed by atoms with van der Waals surface area (Å²) in [4.78, 5) is 11.7. The Bertz CT molecular complexity index is 395. The Balaban J connectivity index is 2.34. The summed E-state index contributed by atoms with van der Waals surface area (Å²) in [5.41, 5.74) is 0.696. The van der Waals surface area contributed by atoms with E-state index in [1.807, 2.05) is 0 Å². The molecule has 86 valence electrons. The second kappa shape index (κ2) is 4.53. The molecule has 1 saturated carbocycles. The van der Waals surface area contributed by atoms with Crippen LogP contribution in [0.3, 0.4) is 0 Å². The summed E-state index contributed by atoms with van der Waals surface area (Å²) in [6.45, 7) is 0. The van der Waals surface area contributed by atoms with Crippen LogP contribution >= 0.6 is 15.9 Å². The highest BCUT2D eigenvalue weighted by Gasteiger charge is 2.38. The largest absolute Gasteiger partial charge is 0.469 e. The number of benzene rings is 1. The molecule has 16 heavy (non-hydrogen) atoms. The number of rotatable bonds is 3. The smallest absolute Gasteiger partial charge is 0.313 e. The molecule has 1 aromatic rings. The van der Waals surface area contributed by atoms with Crippen molar-refractivity contribution in [2.45, 2.75) is 18.8 Å². The zero-order valence-corrected chi connectivity index (χ0v) is 10.5. The van der Waals surface area contributed by atoms with Crippen LogP contribution in [0.15, 0.2) is 22.7 Å². The van der Waals surface area contributed by atoms with Gasteiger partial charge in [0.1, 0.15) is 5.82 Å². The van der Waals surface area contributed by atoms with Crippen LogP contribution in [0, 0.1) is 11.7 Å². The van der Waals surface area contributed by atoms with Gasteiger partial charge in [-0.25, -0.2) is 4.39 Å². The van der Waals surface area contributed by atoms with Gasteiger partial charge in [0.2, 0.25) is 0 Å². The number of hydrogen-bond donors (Lipinski definition) is 0. The summed E-state index contributed by atoms with van der Waals surface area (Å²) in [6.07, 6.45) is 2.02. The van der Waals surface area contributed by atoms with E-state index in [1.54, 1.807) is 6.07 Å². The molecule has 2 rings (SSSR count). The van der Waals surface area contributed by atoms with Crippen molar-refractivity contribution >= 4 is 21.9 Å². The van der Waals surface area contributed by atoms with Gasteiger partial charge in [-0.2, -0.15) is 0 Å². The molecule has 0 aromatic heterocycles. The number of ether oxygens (including phenoxy) is 1. The third-order valence-corrected chi connectivity index (χ3v) is 3.25. The van der Waals surface area contributed by atoms with Crippen LogP contribution in [-0.4, -0.2) is 13.1 Å². The third kappa shape index (κ3) is 2.43. The van der Waals surface area contributed by atoms with Gasteiger partial charge in [-0.1, -0.05) is 15.9 Å². The van der Waals surface area contributed by atoms with Gasteiger partial charge < -0.3 is 4.74 Å². The Hall–Kier alpha value is -0.900. The van der Waals surface area contributed by atoms with Crippen LogP contribution in [0.1, 0.15) is 24.3 Å². The molecule has 0 spiro atoms. The molecular formula is C12H12BrFO2. The highest BCUT2D eigenvalue weighted by Crippen LogP contribution is 2.43. The van der Waals surface area contributed by atoms with Crippen molar-refractivity contribution in [2.75, 3.05) is 7.11 Å². The number of methoxy groups -OCH3 is 1. The molecule has 0 N–H and O–H groups in total. The molecule has 0 amide bonds. The first-order chi connectivity index (χ1) is 7.61. The summed E-state index contributed by atoms with van der Waals surface area (Å²) >= 11 is 3.23. The van der Waals surface area contributed by atoms with Gasteiger partial charge in [-0.05, 0) is 42.5 Å². The molecule has 1 aliphatic carbocycles. The van der Waals surface area contributed by atoms with Crippen molar-refractivity contribution in [1.82, 2.24) is 0 Å². The number of halogens is 2. The summed E-state index contributed by atoms with van der Waals surface area (Å²) in [7, 11) is 1.37. The third-order valence-electron chi connectivity index (χ3n) is 2.79. The first-order valence-electron chi connectivity index (χ1n) is 5.15. The molecule has 0 heterocycles. The van der Waals surface area contributed by atoms with Gasteiger partial charge in [0, 0.05) is 4.47 Å². The Labute approximate surface area is 102 Å². The van der Waals surface area contributed by atoms with E-state index in [0.29, 0.717) is 16.0 Å². The minimum absolute atomic E-state index is 0.278. The monoisotopic (exact) mass is 286 g/mol. The quantitative estimate of drug-likeness (QED) is 0.798. The molecule has 1 atom stereocenters. The minimum atomic E-state index is -0.334. The fraction of sp³-hybridized carbons (Fsp3) is 0.417. The second-order valence-corrected chi connectivity index (χ2v) is 4.96. The van der Waals surface area contributed by atoms with Gasteiger partial charge in [-0.3, -0.25) is 4.79 Å². The van der Waals surface area contributed by atoms with Gasteiger partial charge in [0.25, 0.3) is 0 Å². The lowest BCUT2D eigenvalue weighted by atomic mass is 9.94. The SMILES string of the molecule is COC(=O)C(c1cc(F)cc(Br)c1)C1CC1. The molecule has 0 aliphatic heterocycles. The van der Waals surface area contributed by atoms with E-state index in [-0.39, 0.29) is 17.7 Å². The van der Waals surface area contributed by atoms with E-state index in [9.17, 15) is 9.18 Å². The minimum Gasteiger partial charge on any atom is -0.469 e. The Morgan fingerprint density at radius 1 is 1.50 bits per heavy atom. The maximum atomic E-state index is 13.3. The second-order valence-electron chi connectivity index (χ2n) is 4.04. The molecule has 0 bridgehead atoms. The molecular weight excluding hydrogens is 275 g/mol. The van der Waals surface area contributed by atoms with Crippen LogP contribution in [0.5, 0.6) is 0 Å². The molecule has 1 fully saturated rings. The van der Waals surface area contributed by atoms with Gasteiger partial charge >= 0.3 is 5.97 Å². The van der Waals surface area contributed by atoms with Crippen LogP contribution in [-0.2, 0) is 9.53 Å². The molecule has 0 saturated heterocycles. The van der Waals surface area contributed by atoms with Crippen molar-refractivity contribution in [2.24, 2.45) is 5.92 Å². The fourth-order valence-electron chi connectivity index (χ4n) is 1.91. The van der Waals surface area contributed by atoms with E-state index in [1.165, 1.54) is 19.2 Å². The van der Waals surface area contributed by atoms with Crippen LogP contribution in [0.25, 0.3) is 0 Å². The van der Waals surface area contributed by atoms with Crippen molar-refractivity contribution in [3.8, 4) is 0 Å². The topological polar surface area (TPSA) is 26.3 Å².